The summed E-state index contributed by atoms with van der Waals surface area (Å²) in [6.45, 7) is 1.92. The van der Waals surface area contributed by atoms with E-state index >= 15 is 0 Å². The minimum Gasteiger partial charge on any atom is -0.309 e. The number of benzene rings is 8. The van der Waals surface area contributed by atoms with Crippen molar-refractivity contribution in [2.24, 2.45) is 0 Å². The lowest BCUT2D eigenvalue weighted by atomic mass is 10.0. The quantitative estimate of drug-likeness (QED) is 0.171. The smallest absolute Gasteiger partial charge is 0.163 e. The molecule has 0 fully saturated rings. The monoisotopic (exact) mass is 729 g/mol. The average molecular weight is 730 g/mol. The van der Waals surface area contributed by atoms with E-state index < -0.39 is 0 Å². The average Bonchev–Trinajstić information content (AvgIpc) is 3.79. The van der Waals surface area contributed by atoms with Gasteiger partial charge in [-0.05, 0) is 83.8 Å². The Morgan fingerprint density at radius 3 is 1.42 bits per heavy atom. The van der Waals surface area contributed by atoms with Gasteiger partial charge in [0.1, 0.15) is 5.82 Å². The molecule has 0 unspecified atom stereocenters. The normalized spacial score (nSPS) is 11.6. The summed E-state index contributed by atoms with van der Waals surface area (Å²) in [5.74, 6) is 2.05. The molecule has 5 nitrogen and oxygen atoms in total. The van der Waals surface area contributed by atoms with E-state index in [0.717, 1.165) is 27.9 Å². The molecule has 0 aliphatic rings. The number of aromatic nitrogens is 5. The topological polar surface area (TPSA) is 48.5 Å². The van der Waals surface area contributed by atoms with Crippen LogP contribution in [0.2, 0.25) is 0 Å². The molecule has 5 heteroatoms. The van der Waals surface area contributed by atoms with Crippen molar-refractivity contribution < 1.29 is 0 Å². The zero-order valence-electron chi connectivity index (χ0n) is 31.2. The molecule has 0 bridgehead atoms. The highest BCUT2D eigenvalue weighted by atomic mass is 15.0. The Bertz CT molecular complexity index is 3270. The van der Waals surface area contributed by atoms with Crippen LogP contribution in [-0.2, 0) is 0 Å². The maximum Gasteiger partial charge on any atom is 0.163 e. The Balaban J connectivity index is 0.960. The number of nitrogens with zero attached hydrogens (tertiary/aromatic N) is 5. The van der Waals surface area contributed by atoms with Crippen LogP contribution in [0.5, 0.6) is 0 Å². The second kappa shape index (κ2) is 13.3. The highest BCUT2D eigenvalue weighted by molar-refractivity contribution is 6.11. The molecule has 0 saturated heterocycles. The highest BCUT2D eigenvalue weighted by Crippen LogP contribution is 2.38. The molecule has 11 rings (SSSR count). The zero-order valence-corrected chi connectivity index (χ0v) is 31.2. The molecule has 0 aliphatic heterocycles. The minimum absolute atomic E-state index is 0.672. The number of aryl methyl sites for hydroxylation is 1. The third kappa shape index (κ3) is 5.59. The minimum atomic E-state index is 0.672. The van der Waals surface area contributed by atoms with Gasteiger partial charge in [0, 0.05) is 44.0 Å². The number of rotatable bonds is 6. The molecule has 0 N–H and O–H groups in total. The van der Waals surface area contributed by atoms with Crippen molar-refractivity contribution in [3.05, 3.63) is 200 Å². The lowest BCUT2D eigenvalue weighted by Crippen LogP contribution is -1.99. The van der Waals surface area contributed by atoms with Gasteiger partial charge in [0.2, 0.25) is 0 Å². The van der Waals surface area contributed by atoms with Crippen LogP contribution in [-0.4, -0.2) is 24.1 Å². The molecule has 8 aromatic carbocycles. The Hall–Kier alpha value is -7.63. The standard InChI is InChI=1S/C52H35N5/c1-34-53-51(37-12-4-2-5-13-37)55-52(54-34)38-22-20-35(21-23-38)40-26-30-45-43-16-8-10-18-47(43)57(50(45)33-40)42-28-24-36(25-29-42)39-27-31-49-46(32-39)44-17-9-11-19-48(44)56(49)41-14-6-3-7-15-41/h2-33H,1H3. The van der Waals surface area contributed by atoms with Gasteiger partial charge in [-0.15, -0.1) is 0 Å². The van der Waals surface area contributed by atoms with Gasteiger partial charge < -0.3 is 9.13 Å². The van der Waals surface area contributed by atoms with Gasteiger partial charge in [-0.25, -0.2) is 15.0 Å². The van der Waals surface area contributed by atoms with Crippen LogP contribution in [0.15, 0.2) is 194 Å². The molecular weight excluding hydrogens is 695 g/mol. The third-order valence-corrected chi connectivity index (χ3v) is 11.1. The summed E-state index contributed by atoms with van der Waals surface area (Å²) >= 11 is 0. The summed E-state index contributed by atoms with van der Waals surface area (Å²) in [6.07, 6.45) is 0. The molecule has 3 aromatic heterocycles. The predicted molar refractivity (Wildman–Crippen MR) is 235 cm³/mol. The molecule has 11 aromatic rings. The van der Waals surface area contributed by atoms with Gasteiger partial charge in [0.15, 0.2) is 11.6 Å². The number of hydrogen-bond donors (Lipinski definition) is 0. The van der Waals surface area contributed by atoms with E-state index in [9.17, 15) is 0 Å². The van der Waals surface area contributed by atoms with Crippen LogP contribution in [0.3, 0.4) is 0 Å². The largest absolute Gasteiger partial charge is 0.309 e. The van der Waals surface area contributed by atoms with Gasteiger partial charge in [-0.2, -0.15) is 0 Å². The van der Waals surface area contributed by atoms with E-state index in [1.165, 1.54) is 60.4 Å². The van der Waals surface area contributed by atoms with Crippen molar-refractivity contribution in [1.82, 2.24) is 24.1 Å². The number of fused-ring (bicyclic) bond motifs is 6. The second-order valence-electron chi connectivity index (χ2n) is 14.5. The second-order valence-corrected chi connectivity index (χ2v) is 14.5. The number of hydrogen-bond acceptors (Lipinski definition) is 3. The van der Waals surface area contributed by atoms with Crippen molar-refractivity contribution in [2.45, 2.75) is 6.92 Å². The summed E-state index contributed by atoms with van der Waals surface area (Å²) in [4.78, 5) is 14.1. The van der Waals surface area contributed by atoms with Crippen molar-refractivity contribution in [1.29, 1.82) is 0 Å². The van der Waals surface area contributed by atoms with Crippen molar-refractivity contribution >= 4 is 43.6 Å². The van der Waals surface area contributed by atoms with Crippen molar-refractivity contribution in [2.75, 3.05) is 0 Å². The van der Waals surface area contributed by atoms with E-state index in [1.54, 1.807) is 0 Å². The van der Waals surface area contributed by atoms with Gasteiger partial charge in [0.05, 0.1) is 22.1 Å². The molecule has 0 amide bonds. The lowest BCUT2D eigenvalue weighted by Gasteiger charge is -2.11. The first-order chi connectivity index (χ1) is 28.2. The molecule has 3 heterocycles. The van der Waals surface area contributed by atoms with Crippen LogP contribution >= 0.6 is 0 Å². The third-order valence-electron chi connectivity index (χ3n) is 11.1. The maximum absolute atomic E-state index is 4.82. The lowest BCUT2D eigenvalue weighted by molar-refractivity contribution is 0.992. The molecule has 0 radical (unpaired) electrons. The van der Waals surface area contributed by atoms with Gasteiger partial charge in [-0.1, -0.05) is 140 Å². The zero-order chi connectivity index (χ0) is 37.9. The Kier molecular flexibility index (Phi) is 7.64. The first kappa shape index (κ1) is 32.8. The summed E-state index contributed by atoms with van der Waals surface area (Å²) < 4.78 is 4.75. The summed E-state index contributed by atoms with van der Waals surface area (Å²) in [7, 11) is 0. The van der Waals surface area contributed by atoms with Gasteiger partial charge in [-0.3, -0.25) is 0 Å². The molecule has 0 spiro atoms. The van der Waals surface area contributed by atoms with Crippen LogP contribution in [0, 0.1) is 6.92 Å². The molecule has 57 heavy (non-hydrogen) atoms. The van der Waals surface area contributed by atoms with Crippen molar-refractivity contribution in [3.8, 4) is 56.4 Å². The summed E-state index contributed by atoms with van der Waals surface area (Å²) in [5.41, 5.74) is 13.6. The van der Waals surface area contributed by atoms with E-state index in [-0.39, 0.29) is 0 Å². The van der Waals surface area contributed by atoms with Crippen LogP contribution in [0.1, 0.15) is 5.82 Å². The molecule has 268 valence electrons. The van der Waals surface area contributed by atoms with Crippen LogP contribution < -0.4 is 0 Å². The molecular formula is C52H35N5. The summed E-state index contributed by atoms with van der Waals surface area (Å²) in [5, 5.41) is 4.96. The van der Waals surface area contributed by atoms with E-state index in [2.05, 4.69) is 183 Å². The fourth-order valence-electron chi connectivity index (χ4n) is 8.38. The van der Waals surface area contributed by atoms with Crippen molar-refractivity contribution in [3.63, 3.8) is 0 Å². The molecule has 0 atom stereocenters. The molecule has 0 aliphatic carbocycles. The SMILES string of the molecule is Cc1nc(-c2ccccc2)nc(-c2ccc(-c3ccc4c5ccccc5n(-c5ccc(-c6ccc7c(c6)c6ccccc6n7-c6ccccc6)cc5)c4c3)cc2)n1. The first-order valence-corrected chi connectivity index (χ1v) is 19.3. The van der Waals surface area contributed by atoms with Crippen LogP contribution in [0.25, 0.3) is 100 Å². The fourth-order valence-corrected chi connectivity index (χ4v) is 8.38. The Morgan fingerprint density at radius 2 is 0.737 bits per heavy atom. The van der Waals surface area contributed by atoms with Gasteiger partial charge >= 0.3 is 0 Å². The van der Waals surface area contributed by atoms with E-state index in [0.29, 0.717) is 17.5 Å². The highest BCUT2D eigenvalue weighted by Gasteiger charge is 2.16. The fraction of sp³-hybridized carbons (Fsp3) is 0.0192. The van der Waals surface area contributed by atoms with Crippen LogP contribution in [0.4, 0.5) is 0 Å². The number of para-hydroxylation sites is 3. The molecule has 0 saturated carbocycles. The van der Waals surface area contributed by atoms with Gasteiger partial charge in [0.25, 0.3) is 0 Å². The Morgan fingerprint density at radius 1 is 0.298 bits per heavy atom. The first-order valence-electron chi connectivity index (χ1n) is 19.3. The summed E-state index contributed by atoms with van der Waals surface area (Å²) in [6, 6.07) is 69.2. The van der Waals surface area contributed by atoms with E-state index in [4.69, 9.17) is 4.98 Å². The predicted octanol–water partition coefficient (Wildman–Crippen LogP) is 13.0. The van der Waals surface area contributed by atoms with E-state index in [1.807, 2.05) is 37.3 Å². The Labute approximate surface area is 329 Å². The maximum atomic E-state index is 4.82.